The van der Waals surface area contributed by atoms with Crippen LogP contribution in [0.4, 0.5) is 17.6 Å². The summed E-state index contributed by atoms with van der Waals surface area (Å²) in [5.74, 6) is -3.86. The number of carbonyl (C=O) groups is 3. The summed E-state index contributed by atoms with van der Waals surface area (Å²) in [7, 11) is 0. The molecule has 0 spiro atoms. The van der Waals surface area contributed by atoms with Gasteiger partial charge < -0.3 is 9.84 Å². The van der Waals surface area contributed by atoms with Crippen LogP contribution in [0.1, 0.15) is 56.1 Å². The fourth-order valence-electron chi connectivity index (χ4n) is 3.64. The Morgan fingerprint density at radius 3 is 2.12 bits per heavy atom. The van der Waals surface area contributed by atoms with Crippen LogP contribution in [0.3, 0.4) is 0 Å². The van der Waals surface area contributed by atoms with Crippen LogP contribution in [0.15, 0.2) is 81.7 Å². The smallest absolute Gasteiger partial charge is 0.170 e. The number of fused-ring (bicyclic) bond motifs is 1. The lowest BCUT2D eigenvalue weighted by atomic mass is 9.96. The Kier molecular flexibility index (Phi) is 11.0. The van der Waals surface area contributed by atoms with Crippen LogP contribution >= 0.6 is 31.9 Å². The highest BCUT2D eigenvalue weighted by Crippen LogP contribution is 2.37. The number of hydrogen-bond acceptors (Lipinski definition) is 5. The third-order valence-electron chi connectivity index (χ3n) is 5.66. The van der Waals surface area contributed by atoms with E-state index in [0.717, 1.165) is 21.1 Å². The van der Waals surface area contributed by atoms with E-state index in [1.165, 1.54) is 37.3 Å². The van der Waals surface area contributed by atoms with E-state index in [2.05, 4.69) is 31.9 Å². The Morgan fingerprint density at radius 2 is 1.51 bits per heavy atom. The molecule has 0 saturated heterocycles. The fourth-order valence-corrected chi connectivity index (χ4v) is 4.36. The molecule has 0 bridgehead atoms. The number of ketones is 2. The van der Waals surface area contributed by atoms with Crippen molar-refractivity contribution in [2.24, 2.45) is 0 Å². The van der Waals surface area contributed by atoms with Crippen LogP contribution in [-0.2, 0) is 0 Å². The number of phenolic OH excluding ortho intramolecular Hbond substituents is 1. The van der Waals surface area contributed by atoms with Crippen LogP contribution in [-0.4, -0.2) is 23.0 Å². The van der Waals surface area contributed by atoms with Gasteiger partial charge in [-0.25, -0.2) is 17.6 Å². The van der Waals surface area contributed by atoms with Gasteiger partial charge in [-0.05, 0) is 61.5 Å². The standard InChI is InChI=1S/C15H9BrF2O2.C8H7BrO2.C7H4F2O/c16-8-4-5-13-10(6-8)12(19)7-14(20-13)9-2-1-3-11(17)15(9)18;1-5(10)7-4-6(9)2-3-8(7)11;8-6-3-1-2-5(4-10)7(6)9/h1-6,14H,7H2;2-4,11H,1H3;1-4H. The molecule has 0 fully saturated rings. The zero-order valence-electron chi connectivity index (χ0n) is 21.1. The van der Waals surface area contributed by atoms with Gasteiger partial charge in [-0.2, -0.15) is 0 Å². The topological polar surface area (TPSA) is 80.7 Å². The molecular formula is C30H20Br2F4O5. The van der Waals surface area contributed by atoms with Crippen molar-refractivity contribution < 1.29 is 41.8 Å². The molecule has 1 aliphatic heterocycles. The van der Waals surface area contributed by atoms with Gasteiger partial charge in [0.25, 0.3) is 0 Å². The van der Waals surface area contributed by atoms with E-state index in [9.17, 15) is 31.9 Å². The number of ether oxygens (including phenoxy) is 1. The highest BCUT2D eigenvalue weighted by molar-refractivity contribution is 9.10. The van der Waals surface area contributed by atoms with Crippen molar-refractivity contribution in [3.05, 3.63) is 127 Å². The summed E-state index contributed by atoms with van der Waals surface area (Å²) >= 11 is 6.48. The van der Waals surface area contributed by atoms with E-state index in [4.69, 9.17) is 9.84 Å². The average Bonchev–Trinajstić information content (AvgIpc) is 2.94. The molecule has 1 N–H and O–H groups in total. The lowest BCUT2D eigenvalue weighted by Crippen LogP contribution is -2.21. The maximum atomic E-state index is 13.8. The molecule has 0 amide bonds. The Balaban J connectivity index is 0.000000187. The molecule has 0 radical (unpaired) electrons. The Morgan fingerprint density at radius 1 is 0.902 bits per heavy atom. The number of phenols is 1. The molecule has 0 aliphatic carbocycles. The molecule has 212 valence electrons. The molecule has 0 saturated carbocycles. The predicted octanol–water partition coefficient (Wildman–Crippen LogP) is 8.57. The zero-order valence-corrected chi connectivity index (χ0v) is 24.3. The summed E-state index contributed by atoms with van der Waals surface area (Å²) in [5, 5.41) is 9.16. The van der Waals surface area contributed by atoms with Gasteiger partial charge in [-0.15, -0.1) is 0 Å². The predicted molar refractivity (Wildman–Crippen MR) is 150 cm³/mol. The minimum Gasteiger partial charge on any atom is -0.507 e. The molecule has 11 heteroatoms. The van der Waals surface area contributed by atoms with Gasteiger partial charge in [0, 0.05) is 14.5 Å². The number of benzene rings is 4. The fraction of sp³-hybridized carbons (Fsp3) is 0.100. The minimum atomic E-state index is -1.09. The van der Waals surface area contributed by atoms with Crippen molar-refractivity contribution in [3.63, 3.8) is 0 Å². The van der Waals surface area contributed by atoms with E-state index in [1.807, 2.05) is 0 Å². The number of Topliss-reactive ketones (excluding diaryl/α,β-unsaturated/α-hetero) is 2. The molecule has 1 heterocycles. The minimum absolute atomic E-state index is 0.0101. The van der Waals surface area contributed by atoms with Gasteiger partial charge in [-0.3, -0.25) is 14.4 Å². The molecule has 1 atom stereocenters. The first-order valence-corrected chi connectivity index (χ1v) is 13.3. The quantitative estimate of drug-likeness (QED) is 0.132. The first-order valence-electron chi connectivity index (χ1n) is 11.7. The molecule has 41 heavy (non-hydrogen) atoms. The lowest BCUT2D eigenvalue weighted by Gasteiger charge is -2.26. The van der Waals surface area contributed by atoms with Crippen molar-refractivity contribution in [2.45, 2.75) is 19.4 Å². The molecule has 5 rings (SSSR count). The molecule has 4 aromatic carbocycles. The first kappa shape index (κ1) is 31.7. The van der Waals surface area contributed by atoms with E-state index in [0.29, 0.717) is 16.9 Å². The normalized spacial score (nSPS) is 13.4. The zero-order chi connectivity index (χ0) is 30.3. The van der Waals surface area contributed by atoms with E-state index in [-0.39, 0.29) is 41.1 Å². The van der Waals surface area contributed by atoms with Crippen LogP contribution in [0.2, 0.25) is 0 Å². The summed E-state index contributed by atoms with van der Waals surface area (Å²) < 4.78 is 58.9. The van der Waals surface area contributed by atoms with Crippen molar-refractivity contribution in [1.29, 1.82) is 0 Å². The van der Waals surface area contributed by atoms with Gasteiger partial charge in [0.2, 0.25) is 0 Å². The first-order chi connectivity index (χ1) is 19.4. The Bertz CT molecular complexity index is 1610. The number of halogens is 6. The molecule has 1 unspecified atom stereocenters. The van der Waals surface area contributed by atoms with Gasteiger partial charge in [-0.1, -0.05) is 50.1 Å². The van der Waals surface area contributed by atoms with Crippen molar-refractivity contribution >= 4 is 49.7 Å². The van der Waals surface area contributed by atoms with Crippen molar-refractivity contribution in [1.82, 2.24) is 0 Å². The van der Waals surface area contributed by atoms with Gasteiger partial charge in [0.15, 0.2) is 41.1 Å². The molecule has 4 aromatic rings. The summed E-state index contributed by atoms with van der Waals surface area (Å²) in [4.78, 5) is 32.9. The highest BCUT2D eigenvalue weighted by atomic mass is 79.9. The second-order valence-corrected chi connectivity index (χ2v) is 10.3. The second-order valence-electron chi connectivity index (χ2n) is 8.50. The van der Waals surface area contributed by atoms with E-state index < -0.39 is 29.4 Å². The third-order valence-corrected chi connectivity index (χ3v) is 6.64. The summed E-state index contributed by atoms with van der Waals surface area (Å²) in [6, 6.07) is 17.1. The SMILES string of the molecule is CC(=O)c1cc(Br)ccc1O.O=C1CC(c2cccc(F)c2F)Oc2ccc(Br)cc21.O=Cc1cccc(F)c1F. The monoisotopic (exact) mass is 694 g/mol. The maximum Gasteiger partial charge on any atom is 0.170 e. The van der Waals surface area contributed by atoms with E-state index in [1.54, 1.807) is 30.3 Å². The summed E-state index contributed by atoms with van der Waals surface area (Å²) in [6.45, 7) is 1.42. The number of carbonyl (C=O) groups excluding carboxylic acids is 3. The summed E-state index contributed by atoms with van der Waals surface area (Å²) in [5.41, 5.74) is 0.610. The third kappa shape index (κ3) is 8.11. The second kappa shape index (κ2) is 14.2. The summed E-state index contributed by atoms with van der Waals surface area (Å²) in [6.07, 6.45) is -0.533. The molecular weight excluding hydrogens is 676 g/mol. The number of rotatable bonds is 3. The Hall–Kier alpha value is -3.83. The number of aromatic hydroxyl groups is 1. The van der Waals surface area contributed by atoms with Crippen LogP contribution in [0, 0.1) is 23.3 Å². The average molecular weight is 696 g/mol. The largest absolute Gasteiger partial charge is 0.507 e. The number of hydrogen-bond donors (Lipinski definition) is 1. The lowest BCUT2D eigenvalue weighted by molar-refractivity contribution is 0.0844. The van der Waals surface area contributed by atoms with Crippen LogP contribution in [0.5, 0.6) is 11.5 Å². The van der Waals surface area contributed by atoms with Gasteiger partial charge >= 0.3 is 0 Å². The highest BCUT2D eigenvalue weighted by Gasteiger charge is 2.30. The Labute approximate surface area is 249 Å². The van der Waals surface area contributed by atoms with Gasteiger partial charge in [0.05, 0.1) is 23.1 Å². The van der Waals surface area contributed by atoms with Crippen molar-refractivity contribution in [2.75, 3.05) is 0 Å². The molecule has 0 aromatic heterocycles. The maximum absolute atomic E-state index is 13.8. The number of aldehydes is 1. The van der Waals surface area contributed by atoms with Crippen molar-refractivity contribution in [3.8, 4) is 11.5 Å². The van der Waals surface area contributed by atoms with Gasteiger partial charge in [0.1, 0.15) is 17.6 Å². The van der Waals surface area contributed by atoms with Crippen LogP contribution < -0.4 is 4.74 Å². The van der Waals surface area contributed by atoms with Crippen LogP contribution in [0.25, 0.3) is 0 Å². The molecule has 5 nitrogen and oxygen atoms in total. The molecule has 1 aliphatic rings. The van der Waals surface area contributed by atoms with E-state index >= 15 is 0 Å².